The van der Waals surface area contributed by atoms with Gasteiger partial charge in [-0.3, -0.25) is 4.79 Å². The highest BCUT2D eigenvalue weighted by molar-refractivity contribution is 5.91. The van der Waals surface area contributed by atoms with Gasteiger partial charge in [-0.2, -0.15) is 0 Å². The van der Waals surface area contributed by atoms with Crippen LogP contribution >= 0.6 is 0 Å². The van der Waals surface area contributed by atoms with Crippen LogP contribution in [0.4, 0.5) is 0 Å². The zero-order valence-electron chi connectivity index (χ0n) is 17.0. The van der Waals surface area contributed by atoms with E-state index in [4.69, 9.17) is 23.4 Å². The Morgan fingerprint density at radius 2 is 1.79 bits per heavy atom. The fourth-order valence-electron chi connectivity index (χ4n) is 3.84. The molecular formula is C22H20O11. The molecule has 0 aliphatic carbocycles. The molecule has 0 unspecified atom stereocenters. The van der Waals surface area contributed by atoms with E-state index in [1.165, 1.54) is 24.5 Å². The van der Waals surface area contributed by atoms with Crippen LogP contribution in [-0.4, -0.2) is 69.6 Å². The molecule has 3 aromatic rings. The first kappa shape index (κ1) is 21.5. The third kappa shape index (κ3) is 3.56. The van der Waals surface area contributed by atoms with Crippen LogP contribution in [0.25, 0.3) is 22.1 Å². The smallest absolute Gasteiger partial charge is 0.231 e. The first-order chi connectivity index (χ1) is 15.9. The van der Waals surface area contributed by atoms with Gasteiger partial charge in [0.1, 0.15) is 47.4 Å². The van der Waals surface area contributed by atoms with Gasteiger partial charge in [-0.1, -0.05) is 12.1 Å². The van der Waals surface area contributed by atoms with Crippen molar-refractivity contribution in [3.8, 4) is 34.1 Å². The Morgan fingerprint density at radius 1 is 1.03 bits per heavy atom. The molecule has 5 rings (SSSR count). The number of aliphatic hydroxyl groups is 4. The van der Waals surface area contributed by atoms with Crippen LogP contribution in [0, 0.1) is 0 Å². The molecule has 2 aliphatic rings. The number of phenols is 1. The molecular weight excluding hydrogens is 440 g/mol. The summed E-state index contributed by atoms with van der Waals surface area (Å²) in [6, 6.07) is 7.59. The Labute approximate surface area is 185 Å². The Hall–Kier alpha value is -3.35. The first-order valence-corrected chi connectivity index (χ1v) is 10.0. The number of aromatic hydroxyl groups is 1. The van der Waals surface area contributed by atoms with E-state index >= 15 is 0 Å². The van der Waals surface area contributed by atoms with Gasteiger partial charge in [0, 0.05) is 6.07 Å². The van der Waals surface area contributed by atoms with E-state index in [9.17, 15) is 30.3 Å². The molecule has 174 valence electrons. The van der Waals surface area contributed by atoms with Crippen molar-refractivity contribution in [2.24, 2.45) is 0 Å². The zero-order valence-corrected chi connectivity index (χ0v) is 17.0. The summed E-state index contributed by atoms with van der Waals surface area (Å²) in [4.78, 5) is 13.1. The van der Waals surface area contributed by atoms with Crippen LogP contribution in [0.5, 0.6) is 23.0 Å². The minimum atomic E-state index is -1.56. The summed E-state index contributed by atoms with van der Waals surface area (Å²) >= 11 is 0. The third-order valence-electron chi connectivity index (χ3n) is 5.64. The topological polar surface area (TPSA) is 168 Å². The maximum atomic E-state index is 13.1. The molecule has 3 heterocycles. The van der Waals surface area contributed by atoms with Crippen molar-refractivity contribution in [1.82, 2.24) is 0 Å². The molecule has 11 nitrogen and oxygen atoms in total. The number of aliphatic hydroxyl groups excluding tert-OH is 4. The van der Waals surface area contributed by atoms with Crippen molar-refractivity contribution in [3.63, 3.8) is 0 Å². The van der Waals surface area contributed by atoms with Gasteiger partial charge in [-0.25, -0.2) is 0 Å². The zero-order chi connectivity index (χ0) is 23.3. The number of ether oxygens (including phenoxy) is 4. The van der Waals surface area contributed by atoms with Crippen molar-refractivity contribution in [1.29, 1.82) is 0 Å². The fraction of sp³-hybridized carbons (Fsp3) is 0.318. The molecule has 0 amide bonds. The summed E-state index contributed by atoms with van der Waals surface area (Å²) in [5, 5.41) is 49.6. The monoisotopic (exact) mass is 460 g/mol. The lowest BCUT2D eigenvalue weighted by molar-refractivity contribution is -0.277. The molecule has 0 radical (unpaired) electrons. The Bertz CT molecular complexity index is 1230. The number of phenolic OH excluding ortho intramolecular Hbond substituents is 1. The standard InChI is InChI=1S/C22H20O11/c23-6-14-17(25)19(27)20(28)22(33-14)32-10-3-1-9(2-4-10)11-7-29-12-5-13-21(31-8-30-13)18(26)15(12)16(11)24/h1-5,7,14,17,19-20,22-23,25-28H,6,8H2/t14-,17-,19-,20-,22-/m0/s1. The van der Waals surface area contributed by atoms with Crippen LogP contribution in [0.15, 0.2) is 45.8 Å². The number of benzene rings is 2. The molecule has 33 heavy (non-hydrogen) atoms. The van der Waals surface area contributed by atoms with Crippen LogP contribution in [0.3, 0.4) is 0 Å². The Morgan fingerprint density at radius 3 is 2.52 bits per heavy atom. The molecule has 0 bridgehead atoms. The molecule has 2 aromatic carbocycles. The van der Waals surface area contributed by atoms with E-state index in [0.717, 1.165) is 0 Å². The third-order valence-corrected chi connectivity index (χ3v) is 5.64. The van der Waals surface area contributed by atoms with Crippen molar-refractivity contribution >= 4 is 11.0 Å². The first-order valence-electron chi connectivity index (χ1n) is 10.0. The van der Waals surface area contributed by atoms with Crippen molar-refractivity contribution in [2.45, 2.75) is 30.7 Å². The van der Waals surface area contributed by atoms with E-state index in [2.05, 4.69) is 0 Å². The lowest BCUT2D eigenvalue weighted by atomic mass is 9.99. The number of fused-ring (bicyclic) bond motifs is 2. The summed E-state index contributed by atoms with van der Waals surface area (Å²) in [6.45, 7) is -0.648. The molecule has 2 aliphatic heterocycles. The van der Waals surface area contributed by atoms with Gasteiger partial charge in [0.25, 0.3) is 0 Å². The average Bonchev–Trinajstić information content (AvgIpc) is 3.29. The summed E-state index contributed by atoms with van der Waals surface area (Å²) in [5.74, 6) is 0.235. The van der Waals surface area contributed by atoms with Gasteiger partial charge in [-0.05, 0) is 17.7 Å². The van der Waals surface area contributed by atoms with E-state index in [1.54, 1.807) is 12.1 Å². The van der Waals surface area contributed by atoms with Crippen molar-refractivity contribution < 1.29 is 48.9 Å². The van der Waals surface area contributed by atoms with E-state index < -0.39 is 42.7 Å². The highest BCUT2D eigenvalue weighted by Gasteiger charge is 2.44. The molecule has 11 heteroatoms. The number of hydrogen-bond donors (Lipinski definition) is 5. The molecule has 0 saturated carbocycles. The second-order valence-electron chi connectivity index (χ2n) is 7.65. The predicted octanol–water partition coefficient (Wildman–Crippen LogP) is 0.0730. The van der Waals surface area contributed by atoms with Gasteiger partial charge < -0.3 is 48.9 Å². The number of hydrogen-bond acceptors (Lipinski definition) is 11. The molecule has 5 atom stereocenters. The molecule has 1 saturated heterocycles. The molecule has 0 spiro atoms. The van der Waals surface area contributed by atoms with Crippen LogP contribution < -0.4 is 19.6 Å². The van der Waals surface area contributed by atoms with Crippen LogP contribution in [0.2, 0.25) is 0 Å². The van der Waals surface area contributed by atoms with E-state index in [1.807, 2.05) is 0 Å². The predicted molar refractivity (Wildman–Crippen MR) is 110 cm³/mol. The minimum Gasteiger partial charge on any atom is -0.504 e. The Balaban J connectivity index is 1.42. The summed E-state index contributed by atoms with van der Waals surface area (Å²) in [5.41, 5.74) is 0.308. The minimum absolute atomic E-state index is 0.0432. The highest BCUT2D eigenvalue weighted by atomic mass is 16.7. The van der Waals surface area contributed by atoms with Gasteiger partial charge in [0.15, 0.2) is 11.5 Å². The Kier molecular flexibility index (Phi) is 5.35. The maximum absolute atomic E-state index is 13.1. The van der Waals surface area contributed by atoms with Gasteiger partial charge >= 0.3 is 0 Å². The van der Waals surface area contributed by atoms with Crippen molar-refractivity contribution in [3.05, 3.63) is 46.8 Å². The van der Waals surface area contributed by atoms with Crippen LogP contribution in [-0.2, 0) is 4.74 Å². The van der Waals surface area contributed by atoms with Gasteiger partial charge in [0.05, 0.1) is 12.2 Å². The second-order valence-corrected chi connectivity index (χ2v) is 7.65. The van der Waals surface area contributed by atoms with E-state index in [-0.39, 0.29) is 46.3 Å². The quantitative estimate of drug-likeness (QED) is 0.357. The largest absolute Gasteiger partial charge is 0.504 e. The number of rotatable bonds is 4. The maximum Gasteiger partial charge on any atom is 0.231 e. The SMILES string of the molecule is O=c1c(-c2ccc(O[C@H]3O[C@@H](CO)[C@H](O)[C@H](O)[C@@H]3O)cc2)coc2cc3c(c(O)c12)OCO3. The van der Waals surface area contributed by atoms with Gasteiger partial charge in [0.2, 0.25) is 24.3 Å². The fourth-order valence-corrected chi connectivity index (χ4v) is 3.84. The summed E-state index contributed by atoms with van der Waals surface area (Å²) < 4.78 is 26.8. The highest BCUT2D eigenvalue weighted by Crippen LogP contribution is 2.44. The summed E-state index contributed by atoms with van der Waals surface area (Å²) in [6.07, 6.45) is -5.78. The lowest BCUT2D eigenvalue weighted by Gasteiger charge is -2.39. The van der Waals surface area contributed by atoms with Gasteiger partial charge in [-0.15, -0.1) is 0 Å². The normalized spacial score (nSPS) is 26.5. The summed E-state index contributed by atoms with van der Waals surface area (Å²) in [7, 11) is 0. The molecule has 5 N–H and O–H groups in total. The van der Waals surface area contributed by atoms with Crippen molar-refractivity contribution in [2.75, 3.05) is 13.4 Å². The lowest BCUT2D eigenvalue weighted by Crippen LogP contribution is -2.60. The second kappa shape index (κ2) is 8.21. The van der Waals surface area contributed by atoms with Crippen LogP contribution in [0.1, 0.15) is 0 Å². The molecule has 1 aromatic heterocycles. The van der Waals surface area contributed by atoms with E-state index in [0.29, 0.717) is 5.56 Å². The average molecular weight is 460 g/mol. The molecule has 1 fully saturated rings.